The number of rotatable bonds is 7. The van der Waals surface area contributed by atoms with E-state index in [2.05, 4.69) is 30.1 Å². The van der Waals surface area contributed by atoms with E-state index in [9.17, 15) is 4.79 Å². The number of hydrogen-bond donors (Lipinski definition) is 0. The minimum Gasteiger partial charge on any atom is -0.497 e. The SMILES string of the molecule is CCN1C(=O)/C(=C\c2ccc(OCc3cccc(C)c3)cc2)SC1=Nc1ccc(OC)cc1. The molecule has 3 aromatic carbocycles. The van der Waals surface area contributed by atoms with Gasteiger partial charge in [-0.1, -0.05) is 42.0 Å². The number of nitrogens with zero attached hydrogens (tertiary/aromatic N) is 2. The maximum atomic E-state index is 12.9. The van der Waals surface area contributed by atoms with Crippen LogP contribution >= 0.6 is 11.8 Å². The van der Waals surface area contributed by atoms with Gasteiger partial charge in [-0.05, 0) is 79.2 Å². The van der Waals surface area contributed by atoms with Gasteiger partial charge in [-0.2, -0.15) is 0 Å². The highest BCUT2D eigenvalue weighted by atomic mass is 32.2. The number of thioether (sulfide) groups is 1. The van der Waals surface area contributed by atoms with Gasteiger partial charge in [-0.25, -0.2) is 4.99 Å². The van der Waals surface area contributed by atoms with Crippen LogP contribution in [-0.2, 0) is 11.4 Å². The van der Waals surface area contributed by atoms with E-state index >= 15 is 0 Å². The zero-order valence-electron chi connectivity index (χ0n) is 18.9. The Hall–Kier alpha value is -3.51. The van der Waals surface area contributed by atoms with Gasteiger partial charge in [-0.15, -0.1) is 0 Å². The Balaban J connectivity index is 1.46. The Kier molecular flexibility index (Phi) is 7.15. The van der Waals surface area contributed by atoms with E-state index in [1.54, 1.807) is 12.0 Å². The third kappa shape index (κ3) is 5.65. The van der Waals surface area contributed by atoms with Crippen LogP contribution in [0, 0.1) is 6.92 Å². The van der Waals surface area contributed by atoms with E-state index in [1.165, 1.54) is 17.3 Å². The highest BCUT2D eigenvalue weighted by Gasteiger charge is 2.32. The maximum absolute atomic E-state index is 12.9. The summed E-state index contributed by atoms with van der Waals surface area (Å²) in [6.45, 7) is 5.10. The smallest absolute Gasteiger partial charge is 0.266 e. The number of carbonyl (C=O) groups is 1. The first-order valence-corrected chi connectivity index (χ1v) is 11.6. The molecule has 1 aliphatic heterocycles. The third-order valence-electron chi connectivity index (χ3n) is 5.17. The first-order chi connectivity index (χ1) is 16.1. The lowest BCUT2D eigenvalue weighted by Gasteiger charge is -2.12. The third-order valence-corrected chi connectivity index (χ3v) is 6.17. The first kappa shape index (κ1) is 22.7. The summed E-state index contributed by atoms with van der Waals surface area (Å²) < 4.78 is 11.1. The van der Waals surface area contributed by atoms with E-state index in [1.807, 2.05) is 67.6 Å². The average molecular weight is 459 g/mol. The molecule has 1 aliphatic rings. The zero-order valence-corrected chi connectivity index (χ0v) is 19.8. The van der Waals surface area contributed by atoms with Gasteiger partial charge >= 0.3 is 0 Å². The molecule has 3 aromatic rings. The van der Waals surface area contributed by atoms with E-state index in [0.717, 1.165) is 28.3 Å². The van der Waals surface area contributed by atoms with Crippen LogP contribution in [0.2, 0.25) is 0 Å². The summed E-state index contributed by atoms with van der Waals surface area (Å²) in [6, 6.07) is 23.5. The molecule has 0 saturated carbocycles. The molecule has 0 unspecified atom stereocenters. The van der Waals surface area contributed by atoms with Gasteiger partial charge in [0.05, 0.1) is 17.7 Å². The summed E-state index contributed by atoms with van der Waals surface area (Å²) in [7, 11) is 1.63. The highest BCUT2D eigenvalue weighted by Crippen LogP contribution is 2.34. The van der Waals surface area contributed by atoms with Gasteiger partial charge in [0.15, 0.2) is 5.17 Å². The molecule has 33 heavy (non-hydrogen) atoms. The van der Waals surface area contributed by atoms with Crippen molar-refractivity contribution in [2.45, 2.75) is 20.5 Å². The number of ether oxygens (including phenoxy) is 2. The van der Waals surface area contributed by atoms with Crippen molar-refractivity contribution < 1.29 is 14.3 Å². The van der Waals surface area contributed by atoms with Crippen molar-refractivity contribution in [1.82, 2.24) is 4.90 Å². The first-order valence-electron chi connectivity index (χ1n) is 10.8. The summed E-state index contributed by atoms with van der Waals surface area (Å²) in [4.78, 5) is 19.9. The average Bonchev–Trinajstić information content (AvgIpc) is 3.12. The van der Waals surface area contributed by atoms with Crippen molar-refractivity contribution in [2.75, 3.05) is 13.7 Å². The second kappa shape index (κ2) is 10.4. The summed E-state index contributed by atoms with van der Waals surface area (Å²) in [5.41, 5.74) is 4.07. The monoisotopic (exact) mass is 458 g/mol. The lowest BCUT2D eigenvalue weighted by molar-refractivity contribution is -0.122. The Morgan fingerprint density at radius 2 is 1.73 bits per heavy atom. The number of hydrogen-bond acceptors (Lipinski definition) is 5. The highest BCUT2D eigenvalue weighted by molar-refractivity contribution is 8.18. The van der Waals surface area contributed by atoms with Crippen LogP contribution in [-0.4, -0.2) is 29.6 Å². The topological polar surface area (TPSA) is 51.1 Å². The van der Waals surface area contributed by atoms with Crippen LogP contribution in [0.4, 0.5) is 5.69 Å². The Labute approximate surface area is 198 Å². The van der Waals surface area contributed by atoms with Crippen LogP contribution in [0.15, 0.2) is 82.7 Å². The molecule has 4 rings (SSSR count). The van der Waals surface area contributed by atoms with Gasteiger partial charge in [-0.3, -0.25) is 9.69 Å². The summed E-state index contributed by atoms with van der Waals surface area (Å²) in [5, 5.41) is 0.678. The summed E-state index contributed by atoms with van der Waals surface area (Å²) in [5.74, 6) is 1.53. The minimum atomic E-state index is -0.0328. The lowest BCUT2D eigenvalue weighted by Crippen LogP contribution is -2.28. The lowest BCUT2D eigenvalue weighted by atomic mass is 10.1. The van der Waals surface area contributed by atoms with E-state index < -0.39 is 0 Å². The molecule has 5 nitrogen and oxygen atoms in total. The van der Waals surface area contributed by atoms with Crippen molar-refractivity contribution >= 4 is 34.6 Å². The molecule has 1 saturated heterocycles. The number of aliphatic imine (C=N–C) groups is 1. The molecular formula is C27H26N2O3S. The molecule has 0 atom stereocenters. The number of amides is 1. The van der Waals surface area contributed by atoms with Gasteiger partial charge in [0.2, 0.25) is 0 Å². The number of likely N-dealkylation sites (N-methyl/N-ethyl adjacent to an activating group) is 1. The number of aryl methyl sites for hydroxylation is 1. The molecule has 0 radical (unpaired) electrons. The van der Waals surface area contributed by atoms with Crippen molar-refractivity contribution in [1.29, 1.82) is 0 Å². The molecule has 0 aromatic heterocycles. The summed E-state index contributed by atoms with van der Waals surface area (Å²) in [6.07, 6.45) is 1.90. The fourth-order valence-corrected chi connectivity index (χ4v) is 4.48. The molecule has 1 heterocycles. The number of carbonyl (C=O) groups excluding carboxylic acids is 1. The second-order valence-electron chi connectivity index (χ2n) is 7.60. The molecule has 6 heteroatoms. The van der Waals surface area contributed by atoms with Crippen molar-refractivity contribution in [3.05, 3.63) is 94.4 Å². The van der Waals surface area contributed by atoms with Crippen LogP contribution < -0.4 is 9.47 Å². The predicted octanol–water partition coefficient (Wildman–Crippen LogP) is 6.21. The fourth-order valence-electron chi connectivity index (χ4n) is 3.42. The van der Waals surface area contributed by atoms with Gasteiger partial charge in [0, 0.05) is 6.54 Å². The number of amidine groups is 1. The quantitative estimate of drug-likeness (QED) is 0.395. The van der Waals surface area contributed by atoms with Gasteiger partial charge in [0.1, 0.15) is 18.1 Å². The van der Waals surface area contributed by atoms with E-state index in [4.69, 9.17) is 9.47 Å². The Bertz CT molecular complexity index is 1180. The van der Waals surface area contributed by atoms with Crippen molar-refractivity contribution in [2.24, 2.45) is 4.99 Å². The molecule has 0 spiro atoms. The van der Waals surface area contributed by atoms with Crippen molar-refractivity contribution in [3.8, 4) is 11.5 Å². The molecular weight excluding hydrogens is 432 g/mol. The van der Waals surface area contributed by atoms with Crippen LogP contribution in [0.1, 0.15) is 23.6 Å². The maximum Gasteiger partial charge on any atom is 0.266 e. The Morgan fingerprint density at radius 1 is 1.00 bits per heavy atom. The van der Waals surface area contributed by atoms with E-state index in [0.29, 0.717) is 23.2 Å². The Morgan fingerprint density at radius 3 is 2.39 bits per heavy atom. The predicted molar refractivity (Wildman–Crippen MR) is 135 cm³/mol. The normalized spacial score (nSPS) is 16.0. The van der Waals surface area contributed by atoms with Crippen molar-refractivity contribution in [3.63, 3.8) is 0 Å². The largest absolute Gasteiger partial charge is 0.497 e. The molecule has 1 amide bonds. The summed E-state index contributed by atoms with van der Waals surface area (Å²) >= 11 is 1.39. The molecule has 0 N–H and O–H groups in total. The molecule has 0 bridgehead atoms. The van der Waals surface area contributed by atoms with Gasteiger partial charge < -0.3 is 9.47 Å². The number of benzene rings is 3. The van der Waals surface area contributed by atoms with Gasteiger partial charge in [0.25, 0.3) is 5.91 Å². The molecule has 1 fully saturated rings. The standard InChI is InChI=1S/C27H26N2O3S/c1-4-29-26(30)25(33-27(29)28-22-10-14-23(31-3)15-11-22)17-20-8-12-24(13-9-20)32-18-21-7-5-6-19(2)16-21/h5-17H,4,18H2,1-3H3/b25-17+,28-27?. The van der Waals surface area contributed by atoms with Crippen LogP contribution in [0.5, 0.6) is 11.5 Å². The molecule has 0 aliphatic carbocycles. The second-order valence-corrected chi connectivity index (χ2v) is 8.61. The minimum absolute atomic E-state index is 0.0328. The van der Waals surface area contributed by atoms with E-state index in [-0.39, 0.29) is 5.91 Å². The van der Waals surface area contributed by atoms with Crippen LogP contribution in [0.3, 0.4) is 0 Å². The fraction of sp³-hybridized carbons (Fsp3) is 0.185. The zero-order chi connectivity index (χ0) is 23.2. The van der Waals surface area contributed by atoms with Crippen LogP contribution in [0.25, 0.3) is 6.08 Å². The molecule has 168 valence electrons. The number of methoxy groups -OCH3 is 1.